The minimum Gasteiger partial charge on any atom is -0.497 e. The Morgan fingerprint density at radius 3 is 2.50 bits per heavy atom. The second-order valence-corrected chi connectivity index (χ2v) is 5.24. The van der Waals surface area contributed by atoms with E-state index in [2.05, 4.69) is 5.32 Å². The largest absolute Gasteiger partial charge is 0.497 e. The average Bonchev–Trinajstić information content (AvgIpc) is 2.41. The van der Waals surface area contributed by atoms with Crippen molar-refractivity contribution < 1.29 is 22.6 Å². The second kappa shape index (κ2) is 7.64. The fourth-order valence-electron chi connectivity index (χ4n) is 1.73. The summed E-state index contributed by atoms with van der Waals surface area (Å²) in [6.07, 6.45) is 0. The van der Waals surface area contributed by atoms with Crippen molar-refractivity contribution in [1.29, 1.82) is 0 Å². The summed E-state index contributed by atoms with van der Waals surface area (Å²) < 4.78 is 46.4. The number of hydrogen-bond donors (Lipinski definition) is 1. The molecule has 20 heavy (non-hydrogen) atoms. The highest BCUT2D eigenvalue weighted by Gasteiger charge is 2.27. The third kappa shape index (κ3) is 5.50. The summed E-state index contributed by atoms with van der Waals surface area (Å²) in [6, 6.07) is 5.23. The zero-order valence-corrected chi connectivity index (χ0v) is 12.4. The number of nitrogens with one attached hydrogen (secondary N) is 1. The molecule has 0 radical (unpaired) electrons. The zero-order chi connectivity index (χ0) is 15.2. The lowest BCUT2D eigenvalue weighted by Crippen LogP contribution is -2.23. The Hall–Kier alpha value is -1.08. The highest BCUT2D eigenvalue weighted by molar-refractivity contribution is 8.00. The highest BCUT2D eigenvalue weighted by atomic mass is 32.2. The molecule has 0 aliphatic carbocycles. The van der Waals surface area contributed by atoms with Crippen LogP contribution in [0.15, 0.2) is 18.2 Å². The molecule has 0 bridgehead atoms. The van der Waals surface area contributed by atoms with E-state index in [1.165, 1.54) is 0 Å². The van der Waals surface area contributed by atoms with Gasteiger partial charge in [-0.25, -0.2) is 0 Å². The van der Waals surface area contributed by atoms with Gasteiger partial charge >= 0.3 is 5.51 Å². The van der Waals surface area contributed by atoms with E-state index in [0.717, 1.165) is 5.56 Å². The van der Waals surface area contributed by atoms with E-state index in [0.29, 0.717) is 11.5 Å². The van der Waals surface area contributed by atoms with Crippen LogP contribution in [0.3, 0.4) is 0 Å². The van der Waals surface area contributed by atoms with Crippen molar-refractivity contribution in [3.63, 3.8) is 0 Å². The van der Waals surface area contributed by atoms with E-state index in [1.807, 2.05) is 13.0 Å². The number of hydrogen-bond acceptors (Lipinski definition) is 4. The molecule has 7 heteroatoms. The molecule has 0 aromatic heterocycles. The van der Waals surface area contributed by atoms with Crippen molar-refractivity contribution in [2.45, 2.75) is 18.5 Å². The van der Waals surface area contributed by atoms with Crippen LogP contribution in [0.2, 0.25) is 0 Å². The standard InChI is InChI=1S/C13H18F3NO2S/c1-9(17-6-7-20-13(14,15)16)11-8-10(18-2)4-5-12(11)19-3/h4-5,8-9,17H,6-7H2,1-3H3. The summed E-state index contributed by atoms with van der Waals surface area (Å²) in [5.41, 5.74) is -3.33. The SMILES string of the molecule is COc1ccc(OC)c(C(C)NCCSC(F)(F)F)c1. The molecule has 0 heterocycles. The number of thioether (sulfide) groups is 1. The molecule has 1 aromatic rings. The van der Waals surface area contributed by atoms with Gasteiger partial charge < -0.3 is 14.8 Å². The molecule has 0 aliphatic rings. The molecule has 0 amide bonds. The van der Waals surface area contributed by atoms with Crippen LogP contribution in [-0.2, 0) is 0 Å². The number of alkyl halides is 3. The summed E-state index contributed by atoms with van der Waals surface area (Å²) in [5, 5.41) is 3.04. The highest BCUT2D eigenvalue weighted by Crippen LogP contribution is 2.31. The van der Waals surface area contributed by atoms with E-state index in [-0.39, 0.29) is 30.1 Å². The Labute approximate surface area is 120 Å². The first-order valence-electron chi connectivity index (χ1n) is 6.03. The predicted molar refractivity (Wildman–Crippen MR) is 74.5 cm³/mol. The molecule has 1 atom stereocenters. The molecule has 0 saturated carbocycles. The summed E-state index contributed by atoms with van der Waals surface area (Å²) in [7, 11) is 3.11. The molecular weight excluding hydrogens is 291 g/mol. The van der Waals surface area contributed by atoms with Crippen LogP contribution in [0.5, 0.6) is 11.5 Å². The first-order chi connectivity index (χ1) is 9.37. The molecule has 3 nitrogen and oxygen atoms in total. The normalized spacial score (nSPS) is 13.1. The Kier molecular flexibility index (Phi) is 6.48. The minimum atomic E-state index is -4.18. The Morgan fingerprint density at radius 2 is 1.95 bits per heavy atom. The van der Waals surface area contributed by atoms with Crippen LogP contribution < -0.4 is 14.8 Å². The third-order valence-corrected chi connectivity index (χ3v) is 3.46. The molecule has 0 aliphatic heterocycles. The van der Waals surface area contributed by atoms with Gasteiger partial charge in [-0.2, -0.15) is 13.2 Å². The first-order valence-corrected chi connectivity index (χ1v) is 7.02. The Morgan fingerprint density at radius 1 is 1.25 bits per heavy atom. The molecule has 0 fully saturated rings. The lowest BCUT2D eigenvalue weighted by atomic mass is 10.1. The van der Waals surface area contributed by atoms with E-state index < -0.39 is 5.51 Å². The monoisotopic (exact) mass is 309 g/mol. The van der Waals surface area contributed by atoms with Gasteiger partial charge in [0.1, 0.15) is 11.5 Å². The summed E-state index contributed by atoms with van der Waals surface area (Å²) in [5.74, 6) is 1.33. The van der Waals surface area contributed by atoms with Crippen LogP contribution in [0.25, 0.3) is 0 Å². The van der Waals surface area contributed by atoms with Crippen molar-refractivity contribution in [1.82, 2.24) is 5.32 Å². The van der Waals surface area contributed by atoms with Gasteiger partial charge in [0.15, 0.2) is 0 Å². The molecule has 0 spiro atoms. The van der Waals surface area contributed by atoms with Crippen molar-refractivity contribution in [3.8, 4) is 11.5 Å². The van der Waals surface area contributed by atoms with Gasteiger partial charge in [0.2, 0.25) is 0 Å². The fourth-order valence-corrected chi connectivity index (χ4v) is 2.18. The molecular formula is C13H18F3NO2S. The van der Waals surface area contributed by atoms with Gasteiger partial charge in [-0.3, -0.25) is 0 Å². The summed E-state index contributed by atoms with van der Waals surface area (Å²) >= 11 is -0.0301. The number of halogens is 3. The molecule has 1 aromatic carbocycles. The van der Waals surface area contributed by atoms with Gasteiger partial charge in [-0.1, -0.05) is 0 Å². The number of methoxy groups -OCH3 is 2. The smallest absolute Gasteiger partial charge is 0.441 e. The van der Waals surface area contributed by atoms with Crippen LogP contribution in [0, 0.1) is 0 Å². The third-order valence-electron chi connectivity index (χ3n) is 2.72. The van der Waals surface area contributed by atoms with Gasteiger partial charge in [0.25, 0.3) is 0 Å². The van der Waals surface area contributed by atoms with E-state index in [1.54, 1.807) is 26.4 Å². The van der Waals surface area contributed by atoms with Crippen molar-refractivity contribution in [3.05, 3.63) is 23.8 Å². The average molecular weight is 309 g/mol. The lowest BCUT2D eigenvalue weighted by Gasteiger charge is -2.18. The van der Waals surface area contributed by atoms with Gasteiger partial charge in [0.05, 0.1) is 14.2 Å². The van der Waals surface area contributed by atoms with Crippen LogP contribution in [0.1, 0.15) is 18.5 Å². The summed E-state index contributed by atoms with van der Waals surface area (Å²) in [4.78, 5) is 0. The van der Waals surface area contributed by atoms with Crippen molar-refractivity contribution >= 4 is 11.8 Å². The maximum atomic E-state index is 12.0. The van der Waals surface area contributed by atoms with Gasteiger partial charge in [0, 0.05) is 23.9 Å². The minimum absolute atomic E-state index is 0.0277. The van der Waals surface area contributed by atoms with E-state index >= 15 is 0 Å². The Bertz CT molecular complexity index is 427. The predicted octanol–water partition coefficient (Wildman–Crippen LogP) is 3.61. The van der Waals surface area contributed by atoms with Gasteiger partial charge in [-0.05, 0) is 36.9 Å². The van der Waals surface area contributed by atoms with Crippen molar-refractivity contribution in [2.24, 2.45) is 0 Å². The fraction of sp³-hybridized carbons (Fsp3) is 0.538. The number of benzene rings is 1. The maximum Gasteiger partial charge on any atom is 0.441 e. The topological polar surface area (TPSA) is 30.5 Å². The lowest BCUT2D eigenvalue weighted by molar-refractivity contribution is -0.0327. The maximum absolute atomic E-state index is 12.0. The number of rotatable bonds is 7. The van der Waals surface area contributed by atoms with Crippen LogP contribution >= 0.6 is 11.8 Å². The Balaban J connectivity index is 2.60. The van der Waals surface area contributed by atoms with E-state index in [4.69, 9.17) is 9.47 Å². The molecule has 114 valence electrons. The number of ether oxygens (including phenoxy) is 2. The second-order valence-electron chi connectivity index (χ2n) is 4.08. The van der Waals surface area contributed by atoms with Crippen LogP contribution in [0.4, 0.5) is 13.2 Å². The molecule has 1 unspecified atom stereocenters. The van der Waals surface area contributed by atoms with Crippen LogP contribution in [-0.4, -0.2) is 32.0 Å². The molecule has 1 rings (SSSR count). The van der Waals surface area contributed by atoms with Gasteiger partial charge in [-0.15, -0.1) is 0 Å². The quantitative estimate of drug-likeness (QED) is 0.780. The molecule has 1 N–H and O–H groups in total. The van der Waals surface area contributed by atoms with E-state index in [9.17, 15) is 13.2 Å². The van der Waals surface area contributed by atoms with Crippen molar-refractivity contribution in [2.75, 3.05) is 26.5 Å². The molecule has 0 saturated heterocycles. The summed E-state index contributed by atoms with van der Waals surface area (Å²) in [6.45, 7) is 2.13. The first kappa shape index (κ1) is 17.0. The zero-order valence-electron chi connectivity index (χ0n) is 11.6.